The number of carbonyl (C=O) groups is 3. The SMILES string of the molecule is CCC1CC(=O)N(Cc2ccc(NC(=O)C(=O)OC)cc2)N=C1c1ccc(OC)c(OC2CCCC2)c1. The number of hydrazone groups is 1. The van der Waals surface area contributed by atoms with Crippen LogP contribution in [0.4, 0.5) is 5.69 Å². The van der Waals surface area contributed by atoms with Crippen LogP contribution in [0.5, 0.6) is 11.5 Å². The molecular formula is C28H33N3O6. The fourth-order valence-corrected chi connectivity index (χ4v) is 4.69. The molecule has 196 valence electrons. The average molecular weight is 508 g/mol. The molecule has 9 nitrogen and oxygen atoms in total. The van der Waals surface area contributed by atoms with Gasteiger partial charge in [-0.2, -0.15) is 5.10 Å². The number of carbonyl (C=O) groups excluding carboxylic acids is 3. The van der Waals surface area contributed by atoms with Crippen LogP contribution in [0.3, 0.4) is 0 Å². The van der Waals surface area contributed by atoms with Crippen LogP contribution in [0, 0.1) is 5.92 Å². The molecule has 37 heavy (non-hydrogen) atoms. The largest absolute Gasteiger partial charge is 0.493 e. The van der Waals surface area contributed by atoms with Crippen molar-refractivity contribution in [2.75, 3.05) is 19.5 Å². The summed E-state index contributed by atoms with van der Waals surface area (Å²) < 4.78 is 16.2. The van der Waals surface area contributed by atoms with Crippen molar-refractivity contribution in [2.24, 2.45) is 11.0 Å². The minimum absolute atomic E-state index is 0.00684. The van der Waals surface area contributed by atoms with E-state index in [1.54, 1.807) is 31.4 Å². The molecule has 1 aliphatic heterocycles. The summed E-state index contributed by atoms with van der Waals surface area (Å²) >= 11 is 0. The summed E-state index contributed by atoms with van der Waals surface area (Å²) in [4.78, 5) is 36.0. The topological polar surface area (TPSA) is 107 Å². The molecule has 4 rings (SSSR count). The van der Waals surface area contributed by atoms with Crippen molar-refractivity contribution in [3.8, 4) is 11.5 Å². The molecule has 0 aromatic heterocycles. The van der Waals surface area contributed by atoms with Gasteiger partial charge >= 0.3 is 11.9 Å². The number of hydrogen-bond donors (Lipinski definition) is 1. The van der Waals surface area contributed by atoms with Gasteiger partial charge < -0.3 is 19.5 Å². The third kappa shape index (κ3) is 6.28. The molecule has 2 aliphatic rings. The molecule has 1 fully saturated rings. The van der Waals surface area contributed by atoms with Gasteiger partial charge in [0.05, 0.1) is 32.6 Å². The Morgan fingerprint density at radius 2 is 1.78 bits per heavy atom. The number of benzene rings is 2. The number of rotatable bonds is 8. The number of nitrogens with one attached hydrogen (secondary N) is 1. The number of nitrogens with zero attached hydrogens (tertiary/aromatic N) is 2. The highest BCUT2D eigenvalue weighted by atomic mass is 16.5. The standard InChI is InChI=1S/C28H33N3O6/c1-4-19-16-25(32)31(17-18-9-12-21(13-10-18)29-27(33)28(34)36-3)30-26(19)20-11-14-23(35-2)24(15-20)37-22-7-5-6-8-22/h9-15,19,22H,4-8,16-17H2,1-3H3,(H,29,33). The fourth-order valence-electron chi connectivity index (χ4n) is 4.69. The molecule has 1 saturated carbocycles. The predicted octanol–water partition coefficient (Wildman–Crippen LogP) is 4.29. The van der Waals surface area contributed by atoms with Crippen LogP contribution in [0.15, 0.2) is 47.6 Å². The molecule has 1 unspecified atom stereocenters. The summed E-state index contributed by atoms with van der Waals surface area (Å²) in [7, 11) is 2.78. The van der Waals surface area contributed by atoms with Crippen molar-refractivity contribution in [2.45, 2.75) is 58.1 Å². The summed E-state index contributed by atoms with van der Waals surface area (Å²) in [5, 5.41) is 8.75. The molecule has 0 radical (unpaired) electrons. The van der Waals surface area contributed by atoms with Gasteiger partial charge in [-0.25, -0.2) is 9.80 Å². The Morgan fingerprint density at radius 1 is 1.05 bits per heavy atom. The highest BCUT2D eigenvalue weighted by Gasteiger charge is 2.30. The molecule has 1 aliphatic carbocycles. The van der Waals surface area contributed by atoms with E-state index in [0.29, 0.717) is 23.6 Å². The van der Waals surface area contributed by atoms with Crippen LogP contribution in [0.1, 0.15) is 56.6 Å². The minimum atomic E-state index is -0.967. The lowest BCUT2D eigenvalue weighted by molar-refractivity contribution is -0.150. The highest BCUT2D eigenvalue weighted by Crippen LogP contribution is 2.34. The Kier molecular flexibility index (Phi) is 8.43. The first-order chi connectivity index (χ1) is 17.9. The van der Waals surface area contributed by atoms with E-state index in [1.165, 1.54) is 17.9 Å². The van der Waals surface area contributed by atoms with E-state index in [9.17, 15) is 14.4 Å². The monoisotopic (exact) mass is 507 g/mol. The van der Waals surface area contributed by atoms with Gasteiger partial charge in [0.2, 0.25) is 5.91 Å². The molecule has 2 aromatic rings. The molecule has 0 spiro atoms. The second-order valence-electron chi connectivity index (χ2n) is 9.28. The Hall–Kier alpha value is -3.88. The minimum Gasteiger partial charge on any atom is -0.493 e. The zero-order chi connectivity index (χ0) is 26.4. The normalized spacial score (nSPS) is 17.8. The molecule has 0 bridgehead atoms. The fraction of sp³-hybridized carbons (Fsp3) is 0.429. The van der Waals surface area contributed by atoms with E-state index >= 15 is 0 Å². The first-order valence-corrected chi connectivity index (χ1v) is 12.6. The predicted molar refractivity (Wildman–Crippen MR) is 138 cm³/mol. The van der Waals surface area contributed by atoms with E-state index in [2.05, 4.69) is 17.0 Å². The van der Waals surface area contributed by atoms with E-state index in [-0.39, 0.29) is 24.5 Å². The number of esters is 1. The van der Waals surface area contributed by atoms with Crippen molar-refractivity contribution in [3.63, 3.8) is 0 Å². The molecule has 1 N–H and O–H groups in total. The van der Waals surface area contributed by atoms with E-state index in [1.807, 2.05) is 18.2 Å². The van der Waals surface area contributed by atoms with Crippen molar-refractivity contribution in [1.29, 1.82) is 0 Å². The molecule has 1 atom stereocenters. The Bertz CT molecular complexity index is 1170. The quantitative estimate of drug-likeness (QED) is 0.422. The Labute approximate surface area is 216 Å². The summed E-state index contributed by atoms with van der Waals surface area (Å²) in [5.41, 5.74) is 3.05. The van der Waals surface area contributed by atoms with Crippen LogP contribution >= 0.6 is 0 Å². The lowest BCUT2D eigenvalue weighted by Crippen LogP contribution is -2.36. The van der Waals surface area contributed by atoms with Crippen LogP contribution in [-0.4, -0.2) is 48.8 Å². The Morgan fingerprint density at radius 3 is 2.43 bits per heavy atom. The van der Waals surface area contributed by atoms with Crippen molar-refractivity contribution >= 4 is 29.2 Å². The summed E-state index contributed by atoms with van der Waals surface area (Å²) in [6.45, 7) is 2.34. The third-order valence-corrected chi connectivity index (χ3v) is 6.79. The second-order valence-corrected chi connectivity index (χ2v) is 9.28. The Balaban J connectivity index is 1.54. The second kappa shape index (κ2) is 11.9. The number of anilines is 1. The maximum absolute atomic E-state index is 12.9. The van der Waals surface area contributed by atoms with Crippen molar-refractivity contribution < 1.29 is 28.6 Å². The molecule has 9 heteroatoms. The third-order valence-electron chi connectivity index (χ3n) is 6.79. The number of hydrogen-bond acceptors (Lipinski definition) is 7. The van der Waals surface area contributed by atoms with Crippen LogP contribution in [0.2, 0.25) is 0 Å². The zero-order valence-electron chi connectivity index (χ0n) is 21.5. The van der Waals surface area contributed by atoms with Gasteiger partial charge in [0, 0.05) is 23.6 Å². The summed E-state index contributed by atoms with van der Waals surface area (Å²) in [6.07, 6.45) is 5.78. The van der Waals surface area contributed by atoms with Gasteiger partial charge in [0.1, 0.15) is 0 Å². The number of methoxy groups -OCH3 is 2. The molecule has 2 amide bonds. The average Bonchev–Trinajstić information content (AvgIpc) is 3.43. The van der Waals surface area contributed by atoms with Crippen LogP contribution in [0.25, 0.3) is 0 Å². The maximum Gasteiger partial charge on any atom is 0.396 e. The van der Waals surface area contributed by atoms with Gasteiger partial charge in [0.15, 0.2) is 11.5 Å². The molecule has 1 heterocycles. The lowest BCUT2D eigenvalue weighted by atomic mass is 9.89. The molecular weight excluding hydrogens is 474 g/mol. The van der Waals surface area contributed by atoms with E-state index in [4.69, 9.17) is 14.6 Å². The maximum atomic E-state index is 12.9. The number of ether oxygens (including phenoxy) is 3. The molecule has 0 saturated heterocycles. The first kappa shape index (κ1) is 26.2. The summed E-state index contributed by atoms with van der Waals surface area (Å²) in [5.74, 6) is -0.463. The highest BCUT2D eigenvalue weighted by molar-refractivity contribution is 6.37. The lowest BCUT2D eigenvalue weighted by Gasteiger charge is -2.29. The van der Waals surface area contributed by atoms with Gasteiger partial charge in [0.25, 0.3) is 0 Å². The number of amides is 2. The van der Waals surface area contributed by atoms with E-state index < -0.39 is 11.9 Å². The van der Waals surface area contributed by atoms with E-state index in [0.717, 1.165) is 43.2 Å². The molecule has 2 aromatic carbocycles. The van der Waals surface area contributed by atoms with Crippen LogP contribution in [-0.2, 0) is 25.7 Å². The smallest absolute Gasteiger partial charge is 0.396 e. The van der Waals surface area contributed by atoms with Gasteiger partial charge in [-0.05, 0) is 68.0 Å². The first-order valence-electron chi connectivity index (χ1n) is 12.6. The van der Waals surface area contributed by atoms with Crippen LogP contribution < -0.4 is 14.8 Å². The summed E-state index contributed by atoms with van der Waals surface area (Å²) in [6, 6.07) is 12.7. The van der Waals surface area contributed by atoms with Crippen molar-refractivity contribution in [3.05, 3.63) is 53.6 Å². The van der Waals surface area contributed by atoms with Gasteiger partial charge in [-0.1, -0.05) is 19.1 Å². The van der Waals surface area contributed by atoms with Gasteiger partial charge in [-0.15, -0.1) is 0 Å². The van der Waals surface area contributed by atoms with Crippen molar-refractivity contribution in [1.82, 2.24) is 5.01 Å². The zero-order valence-corrected chi connectivity index (χ0v) is 21.5. The van der Waals surface area contributed by atoms with Gasteiger partial charge in [-0.3, -0.25) is 9.59 Å².